The first kappa shape index (κ1) is 18.3. The van der Waals surface area contributed by atoms with E-state index in [1.807, 2.05) is 36.9 Å². The molecule has 1 aromatic heterocycles. The van der Waals surface area contributed by atoms with E-state index in [0.29, 0.717) is 18.2 Å². The molecule has 1 amide bonds. The summed E-state index contributed by atoms with van der Waals surface area (Å²) in [5, 5.41) is 6.93. The smallest absolute Gasteiger partial charge is 0.227 e. The standard InChI is InChI=1S/C15H19N3O2S2.ClH/c1-2-20-11-3-4-12-13(8-11)22-15(17-12)18-14(19)7-10-9-21-6-5-16-10;/h3-4,8,10,16H,2,5-7,9H2,1H3,(H,17,18,19);1H. The lowest BCUT2D eigenvalue weighted by molar-refractivity contribution is -0.116. The molecule has 3 rings (SSSR count). The Bertz CT molecular complexity index is 659. The van der Waals surface area contributed by atoms with Gasteiger partial charge >= 0.3 is 0 Å². The Hall–Kier alpha value is -1.02. The third-order valence-electron chi connectivity index (χ3n) is 3.35. The van der Waals surface area contributed by atoms with Crippen LogP contribution < -0.4 is 15.4 Å². The molecule has 1 fully saturated rings. The third-order valence-corrected chi connectivity index (χ3v) is 5.41. The number of nitrogens with one attached hydrogen (secondary N) is 2. The van der Waals surface area contributed by atoms with Gasteiger partial charge in [0.2, 0.25) is 5.91 Å². The average Bonchev–Trinajstić information content (AvgIpc) is 2.89. The second-order valence-electron chi connectivity index (χ2n) is 5.06. The number of hydrogen-bond acceptors (Lipinski definition) is 6. The largest absolute Gasteiger partial charge is 0.494 e. The van der Waals surface area contributed by atoms with Crippen molar-refractivity contribution in [2.45, 2.75) is 19.4 Å². The van der Waals surface area contributed by atoms with Crippen LogP contribution in [-0.4, -0.2) is 41.6 Å². The minimum atomic E-state index is 0. The Labute approximate surface area is 150 Å². The van der Waals surface area contributed by atoms with Gasteiger partial charge in [0, 0.05) is 30.5 Å². The highest BCUT2D eigenvalue weighted by molar-refractivity contribution is 7.99. The molecule has 23 heavy (non-hydrogen) atoms. The molecule has 8 heteroatoms. The van der Waals surface area contributed by atoms with Crippen molar-refractivity contribution in [2.24, 2.45) is 0 Å². The lowest BCUT2D eigenvalue weighted by atomic mass is 10.2. The number of halogens is 1. The quantitative estimate of drug-likeness (QED) is 0.842. The number of nitrogens with zero attached hydrogens (tertiary/aromatic N) is 1. The molecule has 0 aliphatic carbocycles. The van der Waals surface area contributed by atoms with Gasteiger partial charge in [-0.15, -0.1) is 12.4 Å². The Balaban J connectivity index is 0.00000192. The average molecular weight is 374 g/mol. The van der Waals surface area contributed by atoms with E-state index in [9.17, 15) is 4.79 Å². The fourth-order valence-electron chi connectivity index (χ4n) is 2.36. The Morgan fingerprint density at radius 3 is 3.13 bits per heavy atom. The van der Waals surface area contributed by atoms with E-state index in [4.69, 9.17) is 4.74 Å². The second-order valence-corrected chi connectivity index (χ2v) is 7.24. The second kappa shape index (κ2) is 8.73. The molecule has 1 aliphatic heterocycles. The molecule has 0 saturated carbocycles. The van der Waals surface area contributed by atoms with Crippen molar-refractivity contribution in [2.75, 3.05) is 30.0 Å². The Morgan fingerprint density at radius 1 is 1.52 bits per heavy atom. The maximum atomic E-state index is 12.1. The third kappa shape index (κ3) is 4.97. The highest BCUT2D eigenvalue weighted by Gasteiger charge is 2.17. The van der Waals surface area contributed by atoms with Gasteiger partial charge in [-0.2, -0.15) is 11.8 Å². The molecule has 0 radical (unpaired) electrons. The first-order valence-electron chi connectivity index (χ1n) is 7.39. The summed E-state index contributed by atoms with van der Waals surface area (Å²) in [5.41, 5.74) is 0.884. The maximum Gasteiger partial charge on any atom is 0.227 e. The molecular weight excluding hydrogens is 354 g/mol. The predicted molar refractivity (Wildman–Crippen MR) is 100 cm³/mol. The van der Waals surface area contributed by atoms with Gasteiger partial charge in [0.15, 0.2) is 5.13 Å². The molecule has 0 bridgehead atoms. The topological polar surface area (TPSA) is 63.2 Å². The molecule has 126 valence electrons. The summed E-state index contributed by atoms with van der Waals surface area (Å²) in [6.07, 6.45) is 0.493. The molecule has 2 aromatic rings. The molecule has 1 aliphatic rings. The van der Waals surface area contributed by atoms with E-state index in [2.05, 4.69) is 15.6 Å². The molecule has 0 spiro atoms. The van der Waals surface area contributed by atoms with Crippen molar-refractivity contribution < 1.29 is 9.53 Å². The number of benzene rings is 1. The zero-order valence-corrected chi connectivity index (χ0v) is 15.3. The highest BCUT2D eigenvalue weighted by atomic mass is 35.5. The molecule has 1 saturated heterocycles. The number of hydrogen-bond donors (Lipinski definition) is 2. The van der Waals surface area contributed by atoms with Crippen LogP contribution in [0.4, 0.5) is 5.13 Å². The van der Waals surface area contributed by atoms with E-state index < -0.39 is 0 Å². The molecule has 1 unspecified atom stereocenters. The number of thiazole rings is 1. The van der Waals surface area contributed by atoms with Gasteiger partial charge < -0.3 is 15.4 Å². The summed E-state index contributed by atoms with van der Waals surface area (Å²) in [4.78, 5) is 16.6. The molecule has 2 N–H and O–H groups in total. The molecule has 1 aromatic carbocycles. The normalized spacial score (nSPS) is 17.5. The van der Waals surface area contributed by atoms with Crippen LogP contribution >= 0.6 is 35.5 Å². The van der Waals surface area contributed by atoms with Crippen LogP contribution in [-0.2, 0) is 4.79 Å². The minimum absolute atomic E-state index is 0. The number of amides is 1. The van der Waals surface area contributed by atoms with Gasteiger partial charge in [-0.05, 0) is 25.1 Å². The summed E-state index contributed by atoms with van der Waals surface area (Å²) >= 11 is 3.37. The zero-order valence-electron chi connectivity index (χ0n) is 12.8. The highest BCUT2D eigenvalue weighted by Crippen LogP contribution is 2.29. The lowest BCUT2D eigenvalue weighted by Crippen LogP contribution is -2.39. The maximum absolute atomic E-state index is 12.1. The molecule has 1 atom stereocenters. The predicted octanol–water partition coefficient (Wildman–Crippen LogP) is 3.15. The van der Waals surface area contributed by atoms with E-state index in [0.717, 1.165) is 34.0 Å². The van der Waals surface area contributed by atoms with Gasteiger partial charge in [0.25, 0.3) is 0 Å². The van der Waals surface area contributed by atoms with Crippen LogP contribution in [0, 0.1) is 0 Å². The number of aromatic nitrogens is 1. The monoisotopic (exact) mass is 373 g/mol. The lowest BCUT2D eigenvalue weighted by Gasteiger charge is -2.22. The number of fused-ring (bicyclic) bond motifs is 1. The number of rotatable bonds is 5. The van der Waals surface area contributed by atoms with Gasteiger partial charge in [-0.3, -0.25) is 4.79 Å². The number of carbonyl (C=O) groups excluding carboxylic acids is 1. The van der Waals surface area contributed by atoms with Crippen molar-refractivity contribution in [1.82, 2.24) is 10.3 Å². The molecular formula is C15H20ClN3O2S2. The van der Waals surface area contributed by atoms with E-state index in [-0.39, 0.29) is 24.4 Å². The van der Waals surface area contributed by atoms with Crippen molar-refractivity contribution in [1.29, 1.82) is 0 Å². The van der Waals surface area contributed by atoms with Crippen LogP contribution in [0.5, 0.6) is 5.75 Å². The first-order chi connectivity index (χ1) is 10.7. The van der Waals surface area contributed by atoms with Crippen LogP contribution in [0.3, 0.4) is 0 Å². The number of anilines is 1. The molecule has 2 heterocycles. The van der Waals surface area contributed by atoms with Crippen LogP contribution in [0.25, 0.3) is 10.2 Å². The van der Waals surface area contributed by atoms with Crippen molar-refractivity contribution in [3.63, 3.8) is 0 Å². The number of carbonyl (C=O) groups is 1. The van der Waals surface area contributed by atoms with Crippen molar-refractivity contribution in [3.05, 3.63) is 18.2 Å². The molecule has 5 nitrogen and oxygen atoms in total. The van der Waals surface area contributed by atoms with E-state index in [1.54, 1.807) is 0 Å². The zero-order chi connectivity index (χ0) is 15.4. The minimum Gasteiger partial charge on any atom is -0.494 e. The Morgan fingerprint density at radius 2 is 2.39 bits per heavy atom. The van der Waals surface area contributed by atoms with Crippen LogP contribution in [0.15, 0.2) is 18.2 Å². The van der Waals surface area contributed by atoms with Crippen LogP contribution in [0.2, 0.25) is 0 Å². The van der Waals surface area contributed by atoms with E-state index in [1.165, 1.54) is 11.3 Å². The summed E-state index contributed by atoms with van der Waals surface area (Å²) < 4.78 is 6.51. The van der Waals surface area contributed by atoms with Gasteiger partial charge in [0.05, 0.1) is 16.8 Å². The van der Waals surface area contributed by atoms with Gasteiger partial charge in [0.1, 0.15) is 5.75 Å². The summed E-state index contributed by atoms with van der Waals surface area (Å²) in [6.45, 7) is 3.57. The number of thioether (sulfide) groups is 1. The van der Waals surface area contributed by atoms with Gasteiger partial charge in [-0.1, -0.05) is 11.3 Å². The fraction of sp³-hybridized carbons (Fsp3) is 0.467. The fourth-order valence-corrected chi connectivity index (χ4v) is 4.22. The van der Waals surface area contributed by atoms with Crippen molar-refractivity contribution >= 4 is 56.8 Å². The summed E-state index contributed by atoms with van der Waals surface area (Å²) in [7, 11) is 0. The summed E-state index contributed by atoms with van der Waals surface area (Å²) in [5.74, 6) is 2.97. The van der Waals surface area contributed by atoms with Gasteiger partial charge in [-0.25, -0.2) is 4.98 Å². The Kier molecular flexibility index (Phi) is 6.95. The SMILES string of the molecule is CCOc1ccc2nc(NC(=O)CC3CSCCN3)sc2c1.Cl. The summed E-state index contributed by atoms with van der Waals surface area (Å²) in [6, 6.07) is 6.05. The van der Waals surface area contributed by atoms with Crippen LogP contribution in [0.1, 0.15) is 13.3 Å². The number of ether oxygens (including phenoxy) is 1. The van der Waals surface area contributed by atoms with Crippen molar-refractivity contribution in [3.8, 4) is 5.75 Å². The van der Waals surface area contributed by atoms with E-state index >= 15 is 0 Å². The first-order valence-corrected chi connectivity index (χ1v) is 9.36.